The van der Waals surface area contributed by atoms with E-state index >= 15 is 0 Å². The van der Waals surface area contributed by atoms with Crippen LogP contribution in [0.2, 0.25) is 5.02 Å². The number of likely N-dealkylation sites (tertiary alicyclic amines) is 1. The van der Waals surface area contributed by atoms with Gasteiger partial charge in [0.05, 0.1) is 24.2 Å². The summed E-state index contributed by atoms with van der Waals surface area (Å²) in [5, 5.41) is 3.47. The van der Waals surface area contributed by atoms with E-state index in [1.54, 1.807) is 30.3 Å². The van der Waals surface area contributed by atoms with Gasteiger partial charge >= 0.3 is 0 Å². The third-order valence-corrected chi connectivity index (χ3v) is 4.52. The van der Waals surface area contributed by atoms with Crippen LogP contribution in [0, 0.1) is 5.92 Å². The van der Waals surface area contributed by atoms with Crippen LogP contribution in [0.3, 0.4) is 0 Å². The number of rotatable bonds is 4. The number of aromatic nitrogens is 1. The van der Waals surface area contributed by atoms with E-state index in [1.165, 1.54) is 0 Å². The third-order valence-electron chi connectivity index (χ3n) is 4.28. The normalized spacial score (nSPS) is 20.2. The largest absolute Gasteiger partial charge is 0.350 e. The van der Waals surface area contributed by atoms with Gasteiger partial charge in [-0.05, 0) is 29.8 Å². The molecule has 0 radical (unpaired) electrons. The van der Waals surface area contributed by atoms with Gasteiger partial charge < -0.3 is 10.2 Å². The summed E-state index contributed by atoms with van der Waals surface area (Å²) in [4.78, 5) is 30.6. The Morgan fingerprint density at radius 2 is 2.17 bits per heavy atom. The van der Waals surface area contributed by atoms with Crippen LogP contribution in [0.25, 0.3) is 0 Å². The number of pyridine rings is 1. The number of halogens is 1. The van der Waals surface area contributed by atoms with E-state index in [2.05, 4.69) is 10.3 Å². The fraction of sp³-hybridized carbons (Fsp3) is 0.278. The minimum absolute atomic E-state index is 0.0436. The van der Waals surface area contributed by atoms with Crippen LogP contribution < -0.4 is 5.32 Å². The summed E-state index contributed by atoms with van der Waals surface area (Å²) < 4.78 is 0. The Morgan fingerprint density at radius 1 is 1.33 bits per heavy atom. The topological polar surface area (TPSA) is 62.3 Å². The maximum absolute atomic E-state index is 12.6. The van der Waals surface area contributed by atoms with Crippen molar-refractivity contribution in [2.45, 2.75) is 19.0 Å². The summed E-state index contributed by atoms with van der Waals surface area (Å²) in [5.41, 5.74) is 1.65. The Balaban J connectivity index is 1.77. The second-order valence-electron chi connectivity index (χ2n) is 5.85. The van der Waals surface area contributed by atoms with Crippen molar-refractivity contribution in [3.8, 4) is 0 Å². The highest BCUT2D eigenvalue weighted by Gasteiger charge is 2.42. The smallest absolute Gasteiger partial charge is 0.226 e. The lowest BCUT2D eigenvalue weighted by Gasteiger charge is -2.25. The van der Waals surface area contributed by atoms with E-state index < -0.39 is 5.92 Å². The first-order valence-corrected chi connectivity index (χ1v) is 8.13. The Hall–Kier alpha value is -2.40. The molecule has 1 aromatic carbocycles. The predicted molar refractivity (Wildman–Crippen MR) is 91.2 cm³/mol. The van der Waals surface area contributed by atoms with Crippen LogP contribution in [-0.4, -0.2) is 28.7 Å². The molecule has 1 aromatic heterocycles. The summed E-state index contributed by atoms with van der Waals surface area (Å²) in [6.07, 6.45) is 1.88. The number of amides is 2. The molecule has 6 heteroatoms. The van der Waals surface area contributed by atoms with E-state index in [9.17, 15) is 9.59 Å². The van der Waals surface area contributed by atoms with Crippen LogP contribution >= 0.6 is 11.6 Å². The van der Waals surface area contributed by atoms with Crippen molar-refractivity contribution in [1.29, 1.82) is 0 Å². The standard InChI is InChI=1S/C18H18ClN3O2/c1-22-16(23)10-15(17(22)12-5-4-6-13(19)9-12)18(24)21-11-14-7-2-3-8-20-14/h2-9,15,17H,10-11H2,1H3,(H,21,24)/t15-,17-/m0/s1. The SMILES string of the molecule is CN1C(=O)C[C@H](C(=O)NCc2ccccn2)[C@@H]1c1cccc(Cl)c1. The molecule has 124 valence electrons. The Kier molecular flexibility index (Phi) is 4.81. The second-order valence-corrected chi connectivity index (χ2v) is 6.29. The lowest BCUT2D eigenvalue weighted by Crippen LogP contribution is -2.34. The molecule has 3 rings (SSSR count). The molecule has 0 bridgehead atoms. The van der Waals surface area contributed by atoms with Gasteiger partial charge in [-0.1, -0.05) is 29.8 Å². The lowest BCUT2D eigenvalue weighted by molar-refractivity contribution is -0.128. The van der Waals surface area contributed by atoms with Crippen LogP contribution in [0.15, 0.2) is 48.7 Å². The molecule has 1 aliphatic heterocycles. The van der Waals surface area contributed by atoms with Crippen LogP contribution in [-0.2, 0) is 16.1 Å². The van der Waals surface area contributed by atoms with Gasteiger partial charge in [0.25, 0.3) is 0 Å². The van der Waals surface area contributed by atoms with Gasteiger partial charge in [-0.25, -0.2) is 0 Å². The number of benzene rings is 1. The molecule has 1 N–H and O–H groups in total. The summed E-state index contributed by atoms with van der Waals surface area (Å²) in [5.74, 6) is -0.633. The van der Waals surface area contributed by atoms with Crippen LogP contribution in [0.5, 0.6) is 0 Å². The molecule has 2 aromatic rings. The van der Waals surface area contributed by atoms with Gasteiger partial charge in [-0.2, -0.15) is 0 Å². The number of nitrogens with one attached hydrogen (secondary N) is 1. The molecule has 0 unspecified atom stereocenters. The van der Waals surface area contributed by atoms with Gasteiger partial charge in [0, 0.05) is 24.7 Å². The fourth-order valence-electron chi connectivity index (χ4n) is 3.06. The number of nitrogens with zero attached hydrogens (tertiary/aromatic N) is 2. The Bertz CT molecular complexity index is 751. The first-order chi connectivity index (χ1) is 11.6. The maximum atomic E-state index is 12.6. The molecular weight excluding hydrogens is 326 g/mol. The van der Waals surface area contributed by atoms with E-state index in [-0.39, 0.29) is 24.3 Å². The average Bonchev–Trinajstić information content (AvgIpc) is 2.89. The van der Waals surface area contributed by atoms with E-state index in [0.717, 1.165) is 11.3 Å². The fourth-order valence-corrected chi connectivity index (χ4v) is 3.26. The molecule has 24 heavy (non-hydrogen) atoms. The molecule has 0 aliphatic carbocycles. The highest BCUT2D eigenvalue weighted by molar-refractivity contribution is 6.30. The molecule has 0 spiro atoms. The van der Waals surface area contributed by atoms with Gasteiger partial charge in [0.1, 0.15) is 0 Å². The quantitative estimate of drug-likeness (QED) is 0.928. The second kappa shape index (κ2) is 7.01. The van der Waals surface area contributed by atoms with Crippen molar-refractivity contribution in [3.05, 3.63) is 64.9 Å². The third kappa shape index (κ3) is 3.41. The van der Waals surface area contributed by atoms with Gasteiger partial charge in [0.2, 0.25) is 11.8 Å². The number of hydrogen-bond donors (Lipinski definition) is 1. The van der Waals surface area contributed by atoms with E-state index in [0.29, 0.717) is 11.6 Å². The van der Waals surface area contributed by atoms with Crippen molar-refractivity contribution >= 4 is 23.4 Å². The minimum atomic E-state index is -0.440. The monoisotopic (exact) mass is 343 g/mol. The molecular formula is C18H18ClN3O2. The molecule has 2 atom stereocenters. The maximum Gasteiger partial charge on any atom is 0.226 e. The summed E-state index contributed by atoms with van der Waals surface area (Å²) in [7, 11) is 1.72. The summed E-state index contributed by atoms with van der Waals surface area (Å²) >= 11 is 6.06. The molecule has 1 aliphatic rings. The number of carbonyl (C=O) groups is 2. The van der Waals surface area contributed by atoms with Gasteiger partial charge in [0.15, 0.2) is 0 Å². The molecule has 1 saturated heterocycles. The molecule has 1 fully saturated rings. The lowest BCUT2D eigenvalue weighted by atomic mass is 9.93. The zero-order chi connectivity index (χ0) is 17.1. The van der Waals surface area contributed by atoms with Gasteiger partial charge in [-0.15, -0.1) is 0 Å². The predicted octanol–water partition coefficient (Wildman–Crippen LogP) is 2.57. The van der Waals surface area contributed by atoms with Crippen molar-refractivity contribution in [1.82, 2.24) is 15.2 Å². The van der Waals surface area contributed by atoms with E-state index in [4.69, 9.17) is 11.6 Å². The zero-order valence-electron chi connectivity index (χ0n) is 13.3. The first-order valence-electron chi connectivity index (χ1n) is 7.75. The summed E-state index contributed by atoms with van der Waals surface area (Å²) in [6.45, 7) is 0.344. The minimum Gasteiger partial charge on any atom is -0.350 e. The van der Waals surface area contributed by atoms with Crippen molar-refractivity contribution < 1.29 is 9.59 Å². The molecule has 5 nitrogen and oxygen atoms in total. The average molecular weight is 344 g/mol. The highest BCUT2D eigenvalue weighted by atomic mass is 35.5. The van der Waals surface area contributed by atoms with Crippen molar-refractivity contribution in [2.75, 3.05) is 7.05 Å². The number of carbonyl (C=O) groups excluding carboxylic acids is 2. The Labute approximate surface area is 145 Å². The van der Waals surface area contributed by atoms with Crippen molar-refractivity contribution in [3.63, 3.8) is 0 Å². The van der Waals surface area contributed by atoms with E-state index in [1.807, 2.05) is 30.3 Å². The molecule has 2 amide bonds. The number of hydrogen-bond acceptors (Lipinski definition) is 3. The van der Waals surface area contributed by atoms with Crippen molar-refractivity contribution in [2.24, 2.45) is 5.92 Å². The first kappa shape index (κ1) is 16.5. The zero-order valence-corrected chi connectivity index (χ0v) is 14.0. The highest BCUT2D eigenvalue weighted by Crippen LogP contribution is 2.37. The Morgan fingerprint density at radius 3 is 2.88 bits per heavy atom. The summed E-state index contributed by atoms with van der Waals surface area (Å²) in [6, 6.07) is 12.5. The van der Waals surface area contributed by atoms with Gasteiger partial charge in [-0.3, -0.25) is 14.6 Å². The van der Waals surface area contributed by atoms with Crippen LogP contribution in [0.4, 0.5) is 0 Å². The molecule has 0 saturated carbocycles. The van der Waals surface area contributed by atoms with Crippen LogP contribution in [0.1, 0.15) is 23.7 Å². The molecule has 2 heterocycles.